The van der Waals surface area contributed by atoms with Gasteiger partial charge >= 0.3 is 12.0 Å². The normalized spacial score (nSPS) is 16.2. The first-order chi connectivity index (χ1) is 13.4. The van der Waals surface area contributed by atoms with E-state index in [4.69, 9.17) is 5.11 Å². The zero-order valence-electron chi connectivity index (χ0n) is 17.3. The highest BCUT2D eigenvalue weighted by molar-refractivity contribution is 5.74. The van der Waals surface area contributed by atoms with E-state index in [0.29, 0.717) is 18.8 Å². The summed E-state index contributed by atoms with van der Waals surface area (Å²) >= 11 is 0. The third-order valence-electron chi connectivity index (χ3n) is 5.48. The smallest absolute Gasteiger partial charge is 0.317 e. The Labute approximate surface area is 168 Å². The van der Waals surface area contributed by atoms with Gasteiger partial charge < -0.3 is 20.2 Å². The number of carbonyl (C=O) groups is 2. The van der Waals surface area contributed by atoms with Crippen molar-refractivity contribution in [2.75, 3.05) is 33.7 Å². The molecule has 28 heavy (non-hydrogen) atoms. The number of amides is 2. The third-order valence-corrected chi connectivity index (χ3v) is 5.48. The van der Waals surface area contributed by atoms with Gasteiger partial charge in [-0.15, -0.1) is 0 Å². The first-order valence-corrected chi connectivity index (χ1v) is 10.4. The zero-order chi connectivity index (χ0) is 20.4. The van der Waals surface area contributed by atoms with Gasteiger partial charge in [-0.25, -0.2) is 4.79 Å². The van der Waals surface area contributed by atoms with Crippen LogP contribution in [0.4, 0.5) is 4.79 Å². The topological polar surface area (TPSA) is 72.9 Å². The van der Waals surface area contributed by atoms with Gasteiger partial charge in [0, 0.05) is 25.6 Å². The van der Waals surface area contributed by atoms with Gasteiger partial charge in [0.2, 0.25) is 0 Å². The van der Waals surface area contributed by atoms with Crippen molar-refractivity contribution in [3.8, 4) is 0 Å². The van der Waals surface area contributed by atoms with E-state index in [9.17, 15) is 9.59 Å². The minimum absolute atomic E-state index is 0.0574. The monoisotopic (exact) mass is 389 g/mol. The van der Waals surface area contributed by atoms with Crippen LogP contribution in [0.3, 0.4) is 0 Å². The second kappa shape index (κ2) is 11.7. The van der Waals surface area contributed by atoms with Crippen LogP contribution in [0.1, 0.15) is 44.1 Å². The van der Waals surface area contributed by atoms with E-state index < -0.39 is 5.97 Å². The van der Waals surface area contributed by atoms with Gasteiger partial charge in [0.15, 0.2) is 0 Å². The lowest BCUT2D eigenvalue weighted by Crippen LogP contribution is -2.48. The van der Waals surface area contributed by atoms with Gasteiger partial charge in [-0.1, -0.05) is 30.3 Å². The van der Waals surface area contributed by atoms with Crippen LogP contribution in [0.25, 0.3) is 0 Å². The first-order valence-electron chi connectivity index (χ1n) is 10.4. The Hall–Kier alpha value is -2.08. The number of carboxylic acids is 1. The van der Waals surface area contributed by atoms with Crippen molar-refractivity contribution in [3.05, 3.63) is 35.9 Å². The minimum Gasteiger partial charge on any atom is -0.481 e. The maximum Gasteiger partial charge on any atom is 0.317 e. The van der Waals surface area contributed by atoms with Crippen molar-refractivity contribution < 1.29 is 14.7 Å². The molecule has 1 aliphatic heterocycles. The summed E-state index contributed by atoms with van der Waals surface area (Å²) in [5, 5.41) is 12.1. The summed E-state index contributed by atoms with van der Waals surface area (Å²) in [6, 6.07) is 9.69. The van der Waals surface area contributed by atoms with Gasteiger partial charge in [0.05, 0.1) is 0 Å². The number of carboxylic acid groups (broad SMARTS) is 1. The fraction of sp³-hybridized carbons (Fsp3) is 0.636. The van der Waals surface area contributed by atoms with Crippen LogP contribution >= 0.6 is 0 Å². The molecule has 1 atom stereocenters. The molecule has 1 fully saturated rings. The van der Waals surface area contributed by atoms with Crippen molar-refractivity contribution in [3.63, 3.8) is 0 Å². The number of hydrogen-bond donors (Lipinski definition) is 2. The molecule has 0 spiro atoms. The molecular weight excluding hydrogens is 354 g/mol. The molecule has 1 saturated heterocycles. The molecule has 1 aliphatic rings. The Balaban J connectivity index is 1.81. The van der Waals surface area contributed by atoms with E-state index in [0.717, 1.165) is 38.0 Å². The minimum atomic E-state index is -0.828. The molecule has 1 aromatic carbocycles. The number of nitrogens with one attached hydrogen (secondary N) is 1. The highest BCUT2D eigenvalue weighted by atomic mass is 16.4. The number of rotatable bonds is 10. The number of piperidine rings is 1. The Morgan fingerprint density at radius 3 is 2.50 bits per heavy atom. The van der Waals surface area contributed by atoms with Crippen molar-refractivity contribution in [1.82, 2.24) is 15.1 Å². The van der Waals surface area contributed by atoms with E-state index in [2.05, 4.69) is 24.3 Å². The summed E-state index contributed by atoms with van der Waals surface area (Å²) in [5.74, 6) is -0.123. The average Bonchev–Trinajstić information content (AvgIpc) is 2.67. The van der Waals surface area contributed by atoms with Crippen molar-refractivity contribution in [1.29, 1.82) is 0 Å². The summed E-state index contributed by atoms with van der Waals surface area (Å²) in [6.07, 6.45) is 5.70. The van der Waals surface area contributed by atoms with Crippen LogP contribution in [0, 0.1) is 5.92 Å². The van der Waals surface area contributed by atoms with Crippen LogP contribution in [-0.4, -0.2) is 66.7 Å². The molecule has 6 nitrogen and oxygen atoms in total. The quantitative estimate of drug-likeness (QED) is 0.644. The van der Waals surface area contributed by atoms with Crippen LogP contribution < -0.4 is 5.32 Å². The Morgan fingerprint density at radius 1 is 1.21 bits per heavy atom. The molecule has 2 amide bonds. The number of carbonyl (C=O) groups excluding carboxylic acids is 1. The van der Waals surface area contributed by atoms with E-state index in [1.165, 1.54) is 12.8 Å². The number of urea groups is 1. The molecule has 1 heterocycles. The van der Waals surface area contributed by atoms with E-state index in [1.54, 1.807) is 0 Å². The Kier molecular flexibility index (Phi) is 9.28. The van der Waals surface area contributed by atoms with Crippen molar-refractivity contribution >= 4 is 12.0 Å². The maximum absolute atomic E-state index is 12.7. The van der Waals surface area contributed by atoms with Gasteiger partial charge in [-0.05, 0) is 70.6 Å². The molecule has 1 aromatic rings. The van der Waals surface area contributed by atoms with E-state index in [-0.39, 0.29) is 18.5 Å². The standard InChI is InChI=1S/C22H35N3O3/c1-24(2)14-6-9-18-12-15-25(16-13-18)22(28)23-20(10-11-21(26)27)17-19-7-4-3-5-8-19/h3-5,7-8,18,20H,6,9-17H2,1-2H3,(H,23,28)(H,26,27). The number of hydrogen-bond acceptors (Lipinski definition) is 3. The molecule has 0 saturated carbocycles. The molecule has 0 radical (unpaired) electrons. The first kappa shape index (κ1) is 22.2. The highest BCUT2D eigenvalue weighted by Crippen LogP contribution is 2.22. The lowest BCUT2D eigenvalue weighted by atomic mass is 9.92. The van der Waals surface area contributed by atoms with Gasteiger partial charge in [-0.3, -0.25) is 4.79 Å². The molecule has 1 unspecified atom stereocenters. The van der Waals surface area contributed by atoms with E-state index in [1.807, 2.05) is 35.2 Å². The summed E-state index contributed by atoms with van der Waals surface area (Å²) in [4.78, 5) is 27.8. The van der Waals surface area contributed by atoms with Gasteiger partial charge in [0.25, 0.3) is 0 Å². The molecule has 2 rings (SSSR count). The largest absolute Gasteiger partial charge is 0.481 e. The van der Waals surface area contributed by atoms with Crippen molar-refractivity contribution in [2.45, 2.75) is 51.0 Å². The third kappa shape index (κ3) is 8.30. The highest BCUT2D eigenvalue weighted by Gasteiger charge is 2.24. The van der Waals surface area contributed by atoms with E-state index >= 15 is 0 Å². The SMILES string of the molecule is CN(C)CCCC1CCN(C(=O)NC(CCC(=O)O)Cc2ccccc2)CC1. The summed E-state index contributed by atoms with van der Waals surface area (Å²) < 4.78 is 0. The second-order valence-corrected chi connectivity index (χ2v) is 8.14. The van der Waals surface area contributed by atoms with Gasteiger partial charge in [0.1, 0.15) is 0 Å². The fourth-order valence-corrected chi connectivity index (χ4v) is 3.81. The number of aliphatic carboxylic acids is 1. The zero-order valence-corrected chi connectivity index (χ0v) is 17.3. The summed E-state index contributed by atoms with van der Waals surface area (Å²) in [6.45, 7) is 2.69. The lowest BCUT2D eigenvalue weighted by molar-refractivity contribution is -0.137. The molecule has 156 valence electrons. The predicted molar refractivity (Wildman–Crippen MR) is 111 cm³/mol. The number of nitrogens with zero attached hydrogens (tertiary/aromatic N) is 2. The van der Waals surface area contributed by atoms with Crippen LogP contribution in [0.15, 0.2) is 30.3 Å². The summed E-state index contributed by atoms with van der Waals surface area (Å²) in [7, 11) is 4.20. The Bertz CT molecular complexity index is 598. The van der Waals surface area contributed by atoms with Crippen LogP contribution in [0.2, 0.25) is 0 Å². The molecule has 0 aliphatic carbocycles. The summed E-state index contributed by atoms with van der Waals surface area (Å²) in [5.41, 5.74) is 1.11. The van der Waals surface area contributed by atoms with Gasteiger partial charge in [-0.2, -0.15) is 0 Å². The molecule has 0 aromatic heterocycles. The molecular formula is C22H35N3O3. The van der Waals surface area contributed by atoms with Crippen LogP contribution in [0.5, 0.6) is 0 Å². The number of likely N-dealkylation sites (tertiary alicyclic amines) is 1. The van der Waals surface area contributed by atoms with Crippen LogP contribution in [-0.2, 0) is 11.2 Å². The average molecular weight is 390 g/mol. The molecule has 0 bridgehead atoms. The second-order valence-electron chi connectivity index (χ2n) is 8.14. The predicted octanol–water partition coefficient (Wildman–Crippen LogP) is 3.23. The maximum atomic E-state index is 12.7. The number of benzene rings is 1. The lowest BCUT2D eigenvalue weighted by Gasteiger charge is -2.33. The Morgan fingerprint density at radius 2 is 1.89 bits per heavy atom. The molecule has 6 heteroatoms. The molecule has 2 N–H and O–H groups in total. The fourth-order valence-electron chi connectivity index (χ4n) is 3.81. The van der Waals surface area contributed by atoms with Crippen molar-refractivity contribution in [2.24, 2.45) is 5.92 Å².